The molecule has 0 aliphatic carbocycles. The smallest absolute Gasteiger partial charge is 0.261 e. The Labute approximate surface area is 193 Å². The molecule has 1 atom stereocenters. The largest absolute Gasteiger partial charge is 0.505 e. The molecule has 1 aliphatic heterocycles. The Morgan fingerprint density at radius 2 is 2.09 bits per heavy atom. The third-order valence-electron chi connectivity index (χ3n) is 4.96. The fourth-order valence-corrected chi connectivity index (χ4v) is 3.48. The molecule has 1 aromatic heterocycles. The van der Waals surface area contributed by atoms with Crippen molar-refractivity contribution in [1.82, 2.24) is 9.97 Å². The van der Waals surface area contributed by atoms with Gasteiger partial charge in [0.05, 0.1) is 16.8 Å². The van der Waals surface area contributed by atoms with Crippen molar-refractivity contribution >= 4 is 40.6 Å². The number of nitrogens with zero attached hydrogens (tertiary/aromatic N) is 2. The SMILES string of the molecule is O=C(Nc1c(F)cccc1Cl)c1cnc(Nc2ccc(O)c(F)c2)nc1NCC1CCCO1. The van der Waals surface area contributed by atoms with Gasteiger partial charge in [0.1, 0.15) is 17.2 Å². The molecule has 1 saturated heterocycles. The van der Waals surface area contributed by atoms with E-state index >= 15 is 0 Å². The van der Waals surface area contributed by atoms with E-state index in [9.17, 15) is 18.7 Å². The summed E-state index contributed by atoms with van der Waals surface area (Å²) in [5, 5.41) is 17.7. The van der Waals surface area contributed by atoms with Gasteiger partial charge in [-0.25, -0.2) is 13.8 Å². The van der Waals surface area contributed by atoms with Crippen LogP contribution >= 0.6 is 11.6 Å². The lowest BCUT2D eigenvalue weighted by atomic mass is 10.2. The normalized spacial score (nSPS) is 15.3. The fourth-order valence-electron chi connectivity index (χ4n) is 3.27. The number of rotatable bonds is 7. The lowest BCUT2D eigenvalue weighted by Gasteiger charge is -2.16. The van der Waals surface area contributed by atoms with Gasteiger partial charge in [-0.05, 0) is 37.1 Å². The molecule has 0 spiro atoms. The van der Waals surface area contributed by atoms with Crippen molar-refractivity contribution in [3.05, 3.63) is 64.8 Å². The van der Waals surface area contributed by atoms with Crippen LogP contribution < -0.4 is 16.0 Å². The number of anilines is 4. The molecule has 1 fully saturated rings. The maximum absolute atomic E-state index is 14.1. The average molecular weight is 476 g/mol. The number of hydrogen-bond donors (Lipinski definition) is 4. The molecule has 0 saturated carbocycles. The van der Waals surface area contributed by atoms with Crippen LogP contribution in [0.25, 0.3) is 0 Å². The molecule has 2 aromatic carbocycles. The second-order valence-electron chi connectivity index (χ2n) is 7.31. The molecule has 33 heavy (non-hydrogen) atoms. The predicted octanol–water partition coefficient (Wildman–Crippen LogP) is 4.70. The molecule has 8 nitrogen and oxygen atoms in total. The highest BCUT2D eigenvalue weighted by molar-refractivity contribution is 6.34. The number of nitrogens with one attached hydrogen (secondary N) is 3. The monoisotopic (exact) mass is 475 g/mol. The second-order valence-corrected chi connectivity index (χ2v) is 7.72. The number of para-hydroxylation sites is 1. The first-order valence-corrected chi connectivity index (χ1v) is 10.5. The van der Waals surface area contributed by atoms with Gasteiger partial charge in [0, 0.05) is 31.1 Å². The van der Waals surface area contributed by atoms with Crippen molar-refractivity contribution in [3.63, 3.8) is 0 Å². The number of halogens is 3. The first-order valence-electron chi connectivity index (χ1n) is 10.1. The van der Waals surface area contributed by atoms with Crippen molar-refractivity contribution in [2.24, 2.45) is 0 Å². The topological polar surface area (TPSA) is 108 Å². The van der Waals surface area contributed by atoms with Crippen molar-refractivity contribution in [3.8, 4) is 5.75 Å². The van der Waals surface area contributed by atoms with Gasteiger partial charge in [0.25, 0.3) is 5.91 Å². The zero-order valence-corrected chi connectivity index (χ0v) is 18.0. The number of amides is 1. The third-order valence-corrected chi connectivity index (χ3v) is 5.27. The quantitative estimate of drug-likeness (QED) is 0.367. The molecule has 2 heterocycles. The molecule has 0 bridgehead atoms. The van der Waals surface area contributed by atoms with E-state index in [1.165, 1.54) is 36.5 Å². The van der Waals surface area contributed by atoms with Gasteiger partial charge in [-0.15, -0.1) is 0 Å². The van der Waals surface area contributed by atoms with Crippen LogP contribution in [0.2, 0.25) is 5.02 Å². The zero-order valence-electron chi connectivity index (χ0n) is 17.2. The van der Waals surface area contributed by atoms with Gasteiger partial charge >= 0.3 is 0 Å². The van der Waals surface area contributed by atoms with Gasteiger partial charge in [0.15, 0.2) is 11.6 Å². The summed E-state index contributed by atoms with van der Waals surface area (Å²) >= 11 is 6.01. The highest BCUT2D eigenvalue weighted by atomic mass is 35.5. The van der Waals surface area contributed by atoms with E-state index in [4.69, 9.17) is 16.3 Å². The van der Waals surface area contributed by atoms with Gasteiger partial charge in [-0.2, -0.15) is 4.98 Å². The molecule has 1 amide bonds. The molecule has 11 heteroatoms. The Hall–Kier alpha value is -3.50. The number of benzene rings is 2. The van der Waals surface area contributed by atoms with Crippen molar-refractivity contribution in [1.29, 1.82) is 0 Å². The van der Waals surface area contributed by atoms with Gasteiger partial charge in [-0.3, -0.25) is 4.79 Å². The molecular weight excluding hydrogens is 456 g/mol. The summed E-state index contributed by atoms with van der Waals surface area (Å²) in [7, 11) is 0. The first kappa shape index (κ1) is 22.7. The standard InChI is InChI=1S/C22H20ClF2N5O3/c23-15-4-1-5-16(24)19(15)29-21(32)14-11-27-22(28-12-6-7-18(31)17(25)9-12)30-20(14)26-10-13-3-2-8-33-13/h1,4-7,9,11,13,31H,2-3,8,10H2,(H,29,32)(H2,26,27,28,30). The molecule has 1 unspecified atom stereocenters. The number of phenolic OH excluding ortho intramolecular Hbond substituents is 1. The van der Waals surface area contributed by atoms with E-state index in [0.29, 0.717) is 18.8 Å². The number of carbonyl (C=O) groups is 1. The Bertz CT molecular complexity index is 1150. The van der Waals surface area contributed by atoms with Crippen LogP contribution in [-0.2, 0) is 4.74 Å². The van der Waals surface area contributed by atoms with E-state index < -0.39 is 23.3 Å². The summed E-state index contributed by atoms with van der Waals surface area (Å²) in [4.78, 5) is 21.3. The van der Waals surface area contributed by atoms with E-state index in [0.717, 1.165) is 18.9 Å². The summed E-state index contributed by atoms with van der Waals surface area (Å²) in [5.41, 5.74) is 0.191. The number of ether oxygens (including phenoxy) is 1. The number of carbonyl (C=O) groups excluding carboxylic acids is 1. The molecule has 4 rings (SSSR count). The summed E-state index contributed by atoms with van der Waals surface area (Å²) in [6.07, 6.45) is 3.02. The zero-order chi connectivity index (χ0) is 23.4. The number of aromatic hydroxyl groups is 1. The van der Waals surface area contributed by atoms with E-state index in [1.54, 1.807) is 0 Å². The highest BCUT2D eigenvalue weighted by Gasteiger charge is 2.21. The van der Waals surface area contributed by atoms with E-state index in [1.807, 2.05) is 0 Å². The summed E-state index contributed by atoms with van der Waals surface area (Å²) in [6.45, 7) is 1.06. The minimum Gasteiger partial charge on any atom is -0.505 e. The first-order chi connectivity index (χ1) is 15.9. The lowest BCUT2D eigenvalue weighted by molar-refractivity contribution is 0.102. The molecule has 3 aromatic rings. The Balaban J connectivity index is 1.60. The second kappa shape index (κ2) is 9.97. The maximum atomic E-state index is 14.1. The molecule has 4 N–H and O–H groups in total. The summed E-state index contributed by atoms with van der Waals surface area (Å²) in [5.74, 6) is -2.39. The minimum absolute atomic E-state index is 0.0421. The Morgan fingerprint density at radius 1 is 1.24 bits per heavy atom. The van der Waals surface area contributed by atoms with Gasteiger partial charge in [-0.1, -0.05) is 17.7 Å². The molecule has 0 radical (unpaired) electrons. The minimum atomic E-state index is -0.811. The number of aromatic nitrogens is 2. The van der Waals surface area contributed by atoms with Crippen molar-refractivity contribution < 1.29 is 23.4 Å². The van der Waals surface area contributed by atoms with Gasteiger partial charge in [0.2, 0.25) is 5.95 Å². The fraction of sp³-hybridized carbons (Fsp3) is 0.227. The summed E-state index contributed by atoms with van der Waals surface area (Å²) in [6, 6.07) is 7.78. The third kappa shape index (κ3) is 5.47. The van der Waals surface area contributed by atoms with Crippen LogP contribution in [0, 0.1) is 11.6 Å². The number of phenols is 1. The predicted molar refractivity (Wildman–Crippen MR) is 120 cm³/mol. The maximum Gasteiger partial charge on any atom is 0.261 e. The molecule has 172 valence electrons. The number of hydrogen-bond acceptors (Lipinski definition) is 7. The van der Waals surface area contributed by atoms with E-state index in [-0.39, 0.29) is 34.1 Å². The van der Waals surface area contributed by atoms with Crippen molar-refractivity contribution in [2.75, 3.05) is 29.1 Å². The van der Waals surface area contributed by atoms with E-state index in [2.05, 4.69) is 25.9 Å². The van der Waals surface area contributed by atoms with Crippen molar-refractivity contribution in [2.45, 2.75) is 18.9 Å². The van der Waals surface area contributed by atoms with Crippen LogP contribution in [0.15, 0.2) is 42.6 Å². The highest BCUT2D eigenvalue weighted by Crippen LogP contribution is 2.27. The van der Waals surface area contributed by atoms with Crippen LogP contribution in [0.1, 0.15) is 23.2 Å². The Morgan fingerprint density at radius 3 is 2.82 bits per heavy atom. The lowest BCUT2D eigenvalue weighted by Crippen LogP contribution is -2.23. The summed E-state index contributed by atoms with van der Waals surface area (Å²) < 4.78 is 33.4. The average Bonchev–Trinajstić information content (AvgIpc) is 3.31. The van der Waals surface area contributed by atoms with Crippen LogP contribution in [-0.4, -0.2) is 40.2 Å². The van der Waals surface area contributed by atoms with Crippen LogP contribution in [0.5, 0.6) is 5.75 Å². The molecular formula is C22H20ClF2N5O3. The van der Waals surface area contributed by atoms with Crippen LogP contribution in [0.3, 0.4) is 0 Å². The van der Waals surface area contributed by atoms with Crippen LogP contribution in [0.4, 0.5) is 31.9 Å². The van der Waals surface area contributed by atoms with Gasteiger partial charge < -0.3 is 25.8 Å². The Kier molecular flexibility index (Phi) is 6.85. The molecule has 1 aliphatic rings.